The Balaban J connectivity index is 2.83. The van der Waals surface area contributed by atoms with Gasteiger partial charge in [-0.3, -0.25) is 9.59 Å². The summed E-state index contributed by atoms with van der Waals surface area (Å²) >= 11 is 1.26. The van der Waals surface area contributed by atoms with Gasteiger partial charge in [-0.25, -0.2) is 4.98 Å². The summed E-state index contributed by atoms with van der Waals surface area (Å²) < 4.78 is 0. The lowest BCUT2D eigenvalue weighted by Crippen LogP contribution is -2.44. The van der Waals surface area contributed by atoms with Crippen molar-refractivity contribution >= 4 is 23.0 Å². The Kier molecular flexibility index (Phi) is 3.48. The van der Waals surface area contributed by atoms with Gasteiger partial charge in [-0.1, -0.05) is 0 Å². The molecule has 5 heteroatoms. The molecule has 4 nitrogen and oxygen atoms in total. The Morgan fingerprint density at radius 3 is 2.19 bits per heavy atom. The normalized spacial score (nSPS) is 11.3. The predicted molar refractivity (Wildman–Crippen MR) is 63.8 cm³/mol. The van der Waals surface area contributed by atoms with Crippen molar-refractivity contribution in [1.82, 2.24) is 10.3 Å². The van der Waals surface area contributed by atoms with Crippen LogP contribution in [0.4, 0.5) is 0 Å². The topological polar surface area (TPSA) is 59.1 Å². The molecule has 0 aliphatic heterocycles. The molecule has 0 fully saturated rings. The number of ketones is 1. The Morgan fingerprint density at radius 1 is 1.25 bits per heavy atom. The van der Waals surface area contributed by atoms with Gasteiger partial charge in [0.1, 0.15) is 0 Å². The highest BCUT2D eigenvalue weighted by Crippen LogP contribution is 2.17. The third kappa shape index (κ3) is 3.13. The Morgan fingerprint density at radius 2 is 1.81 bits per heavy atom. The zero-order valence-corrected chi connectivity index (χ0v) is 11.0. The van der Waals surface area contributed by atoms with Gasteiger partial charge in [-0.2, -0.15) is 0 Å². The van der Waals surface area contributed by atoms with E-state index < -0.39 is 17.2 Å². The van der Waals surface area contributed by atoms with Gasteiger partial charge in [-0.05, 0) is 34.6 Å². The van der Waals surface area contributed by atoms with E-state index in [9.17, 15) is 9.59 Å². The minimum atomic E-state index is -0.596. The predicted octanol–water partition coefficient (Wildman–Crippen LogP) is 1.86. The van der Waals surface area contributed by atoms with E-state index in [1.165, 1.54) is 11.3 Å². The number of Topliss-reactive ketones (excluding diaryl/α,β-unsaturated/α-hetero) is 1. The van der Waals surface area contributed by atoms with E-state index in [1.807, 2.05) is 34.6 Å². The van der Waals surface area contributed by atoms with Crippen molar-refractivity contribution in [3.8, 4) is 0 Å². The molecule has 0 spiro atoms. The first-order valence-electron chi connectivity index (χ1n) is 5.01. The SMILES string of the molecule is Cc1nc(C(=O)C(=O)NC(C)(C)C)sc1C. The summed E-state index contributed by atoms with van der Waals surface area (Å²) in [7, 11) is 0. The number of rotatable bonds is 2. The van der Waals surface area contributed by atoms with Crippen molar-refractivity contribution in [3.63, 3.8) is 0 Å². The molecule has 0 bridgehead atoms. The number of thiazole rings is 1. The van der Waals surface area contributed by atoms with Crippen molar-refractivity contribution in [2.45, 2.75) is 40.2 Å². The summed E-state index contributed by atoms with van der Waals surface area (Å²) in [5.41, 5.74) is 0.394. The van der Waals surface area contributed by atoms with Crippen molar-refractivity contribution < 1.29 is 9.59 Å². The molecule has 0 radical (unpaired) electrons. The molecule has 0 aliphatic rings. The molecule has 0 aliphatic carbocycles. The van der Waals surface area contributed by atoms with Crippen LogP contribution >= 0.6 is 11.3 Å². The molecular formula is C11H16N2O2S. The number of carbonyl (C=O) groups is 2. The third-order valence-corrected chi connectivity index (χ3v) is 2.99. The molecule has 16 heavy (non-hydrogen) atoms. The Labute approximate surface area is 99.1 Å². The highest BCUT2D eigenvalue weighted by molar-refractivity contribution is 7.14. The summed E-state index contributed by atoms with van der Waals surface area (Å²) in [6.07, 6.45) is 0. The van der Waals surface area contributed by atoms with Crippen LogP contribution in [0.5, 0.6) is 0 Å². The van der Waals surface area contributed by atoms with E-state index in [4.69, 9.17) is 0 Å². The summed E-state index contributed by atoms with van der Waals surface area (Å²) in [5, 5.41) is 2.89. The molecule has 1 aromatic heterocycles. The number of aryl methyl sites for hydroxylation is 2. The highest BCUT2D eigenvalue weighted by atomic mass is 32.1. The second-order valence-electron chi connectivity index (χ2n) is 4.69. The van der Waals surface area contributed by atoms with Crippen molar-refractivity contribution in [1.29, 1.82) is 0 Å². The molecule has 0 saturated carbocycles. The smallest absolute Gasteiger partial charge is 0.295 e. The fraction of sp³-hybridized carbons (Fsp3) is 0.545. The number of hydrogen-bond acceptors (Lipinski definition) is 4. The van der Waals surface area contributed by atoms with Crippen LogP contribution in [0, 0.1) is 13.8 Å². The summed E-state index contributed by atoms with van der Waals surface area (Å²) in [4.78, 5) is 28.3. The summed E-state index contributed by atoms with van der Waals surface area (Å²) in [6.45, 7) is 9.19. The fourth-order valence-electron chi connectivity index (χ4n) is 1.06. The molecule has 0 unspecified atom stereocenters. The van der Waals surface area contributed by atoms with Crippen LogP contribution in [0.3, 0.4) is 0 Å². The fourth-order valence-corrected chi connectivity index (χ4v) is 1.92. The largest absolute Gasteiger partial charge is 0.345 e. The second-order valence-corrected chi connectivity index (χ2v) is 5.90. The van der Waals surface area contributed by atoms with Crippen LogP contribution in [-0.4, -0.2) is 22.2 Å². The van der Waals surface area contributed by atoms with E-state index in [0.29, 0.717) is 0 Å². The van der Waals surface area contributed by atoms with E-state index in [1.54, 1.807) is 0 Å². The zero-order chi connectivity index (χ0) is 12.5. The third-order valence-electron chi connectivity index (χ3n) is 1.92. The molecule has 1 rings (SSSR count). The number of hydrogen-bond donors (Lipinski definition) is 1. The molecule has 0 saturated heterocycles. The standard InChI is InChI=1S/C11H16N2O2S/c1-6-7(2)16-10(12-6)8(14)9(15)13-11(3,4)5/h1-5H3,(H,13,15). The van der Waals surface area contributed by atoms with Gasteiger partial charge in [-0.15, -0.1) is 11.3 Å². The van der Waals surface area contributed by atoms with E-state index in [0.717, 1.165) is 10.6 Å². The maximum Gasteiger partial charge on any atom is 0.295 e. The summed E-state index contributed by atoms with van der Waals surface area (Å²) in [5.74, 6) is -1.16. The second kappa shape index (κ2) is 4.33. The van der Waals surface area contributed by atoms with Gasteiger partial charge in [0.05, 0.1) is 5.69 Å². The lowest BCUT2D eigenvalue weighted by Gasteiger charge is -2.19. The minimum Gasteiger partial charge on any atom is -0.345 e. The van der Waals surface area contributed by atoms with Crippen LogP contribution in [0.1, 0.15) is 41.1 Å². The van der Waals surface area contributed by atoms with Crippen LogP contribution < -0.4 is 5.32 Å². The van der Waals surface area contributed by atoms with Crippen molar-refractivity contribution in [3.05, 3.63) is 15.6 Å². The number of nitrogens with one attached hydrogen (secondary N) is 1. The van der Waals surface area contributed by atoms with Gasteiger partial charge >= 0.3 is 0 Å². The van der Waals surface area contributed by atoms with Crippen LogP contribution in [-0.2, 0) is 4.79 Å². The quantitative estimate of drug-likeness (QED) is 0.634. The van der Waals surface area contributed by atoms with Crippen molar-refractivity contribution in [2.75, 3.05) is 0 Å². The molecule has 88 valence electrons. The monoisotopic (exact) mass is 240 g/mol. The Hall–Kier alpha value is -1.23. The first kappa shape index (κ1) is 12.8. The first-order valence-corrected chi connectivity index (χ1v) is 5.83. The Bertz CT molecular complexity index is 410. The first-order chi connectivity index (χ1) is 7.20. The zero-order valence-electron chi connectivity index (χ0n) is 10.2. The average molecular weight is 240 g/mol. The number of amides is 1. The molecule has 1 amide bonds. The molecule has 0 atom stereocenters. The van der Waals surface area contributed by atoms with Crippen LogP contribution in [0.25, 0.3) is 0 Å². The van der Waals surface area contributed by atoms with Gasteiger partial charge in [0.2, 0.25) is 0 Å². The van der Waals surface area contributed by atoms with E-state index in [-0.39, 0.29) is 5.01 Å². The number of carbonyl (C=O) groups excluding carboxylic acids is 2. The maximum atomic E-state index is 11.7. The molecule has 1 heterocycles. The number of nitrogens with zero attached hydrogens (tertiary/aromatic N) is 1. The number of aromatic nitrogens is 1. The molecule has 1 N–H and O–H groups in total. The molecule has 0 aromatic carbocycles. The maximum absolute atomic E-state index is 11.7. The van der Waals surface area contributed by atoms with Gasteiger partial charge in [0.15, 0.2) is 5.01 Å². The highest BCUT2D eigenvalue weighted by Gasteiger charge is 2.24. The molecule has 1 aromatic rings. The van der Waals surface area contributed by atoms with E-state index >= 15 is 0 Å². The summed E-state index contributed by atoms with van der Waals surface area (Å²) in [6, 6.07) is 0. The average Bonchev–Trinajstić information content (AvgIpc) is 2.43. The van der Waals surface area contributed by atoms with E-state index in [2.05, 4.69) is 10.3 Å². The lowest BCUT2D eigenvalue weighted by atomic mass is 10.1. The van der Waals surface area contributed by atoms with Gasteiger partial charge in [0.25, 0.3) is 11.7 Å². The molecular weight excluding hydrogens is 224 g/mol. The minimum absolute atomic E-state index is 0.261. The van der Waals surface area contributed by atoms with Crippen LogP contribution in [0.2, 0.25) is 0 Å². The van der Waals surface area contributed by atoms with Crippen molar-refractivity contribution in [2.24, 2.45) is 0 Å². The van der Waals surface area contributed by atoms with Gasteiger partial charge in [0, 0.05) is 10.4 Å². The van der Waals surface area contributed by atoms with Crippen LogP contribution in [0.15, 0.2) is 0 Å². The van der Waals surface area contributed by atoms with Gasteiger partial charge < -0.3 is 5.32 Å². The lowest BCUT2D eigenvalue weighted by molar-refractivity contribution is -0.118.